The highest BCUT2D eigenvalue weighted by Crippen LogP contribution is 2.41. The van der Waals surface area contributed by atoms with Crippen LogP contribution in [0.25, 0.3) is 0 Å². The van der Waals surface area contributed by atoms with Crippen LogP contribution < -0.4 is 4.74 Å². The van der Waals surface area contributed by atoms with Gasteiger partial charge in [0.2, 0.25) is 0 Å². The third kappa shape index (κ3) is 2.62. The van der Waals surface area contributed by atoms with Crippen molar-refractivity contribution < 1.29 is 14.2 Å². The maximum Gasteiger partial charge on any atom is 0.127 e. The van der Waals surface area contributed by atoms with Crippen molar-refractivity contribution >= 4 is 23.2 Å². The Morgan fingerprint density at radius 1 is 1.10 bits per heavy atom. The van der Waals surface area contributed by atoms with Crippen molar-refractivity contribution in [2.75, 3.05) is 0 Å². The molecule has 20 heavy (non-hydrogen) atoms. The molecular formula is C15H11Cl2FO2. The monoisotopic (exact) mass is 312 g/mol. The van der Waals surface area contributed by atoms with E-state index < -0.39 is 11.9 Å². The van der Waals surface area contributed by atoms with Gasteiger partial charge in [0.25, 0.3) is 0 Å². The van der Waals surface area contributed by atoms with Crippen molar-refractivity contribution in [2.24, 2.45) is 0 Å². The average molecular weight is 313 g/mol. The van der Waals surface area contributed by atoms with E-state index in [2.05, 4.69) is 0 Å². The van der Waals surface area contributed by atoms with E-state index in [-0.39, 0.29) is 6.10 Å². The molecule has 0 radical (unpaired) electrons. The van der Waals surface area contributed by atoms with Crippen LogP contribution in [0.3, 0.4) is 0 Å². The quantitative estimate of drug-likeness (QED) is 0.827. The standard InChI is InChI=1S/C15H11Cl2FO2/c16-9-3-8(4-10(17)5-9)15-7-13(19)12-6-11(18)1-2-14(12)20-15/h1-6,13,15,19H,7H2/t13-,15?/m1/s1. The van der Waals surface area contributed by atoms with Gasteiger partial charge in [-0.2, -0.15) is 0 Å². The van der Waals surface area contributed by atoms with Gasteiger partial charge < -0.3 is 9.84 Å². The average Bonchev–Trinajstić information content (AvgIpc) is 2.38. The SMILES string of the molecule is O[C@@H]1CC(c2cc(Cl)cc(Cl)c2)Oc2ccc(F)cc21. The predicted molar refractivity (Wildman–Crippen MR) is 75.8 cm³/mol. The van der Waals surface area contributed by atoms with Crippen molar-refractivity contribution in [1.82, 2.24) is 0 Å². The first-order chi connectivity index (χ1) is 9.52. The van der Waals surface area contributed by atoms with Gasteiger partial charge in [0.15, 0.2) is 0 Å². The van der Waals surface area contributed by atoms with E-state index in [4.69, 9.17) is 27.9 Å². The zero-order valence-electron chi connectivity index (χ0n) is 10.3. The molecule has 0 amide bonds. The van der Waals surface area contributed by atoms with Crippen molar-refractivity contribution in [2.45, 2.75) is 18.6 Å². The second-order valence-corrected chi connectivity index (χ2v) is 5.62. The number of hydrogen-bond donors (Lipinski definition) is 1. The summed E-state index contributed by atoms with van der Waals surface area (Å²) in [7, 11) is 0. The van der Waals surface area contributed by atoms with Gasteiger partial charge in [-0.1, -0.05) is 23.2 Å². The third-order valence-corrected chi connectivity index (χ3v) is 3.73. The van der Waals surface area contributed by atoms with Gasteiger partial charge in [0.1, 0.15) is 17.7 Å². The van der Waals surface area contributed by atoms with Crippen molar-refractivity contribution in [3.63, 3.8) is 0 Å². The third-order valence-electron chi connectivity index (χ3n) is 3.29. The Balaban J connectivity index is 1.96. The summed E-state index contributed by atoms with van der Waals surface area (Å²) < 4.78 is 19.0. The Kier molecular flexibility index (Phi) is 3.59. The van der Waals surface area contributed by atoms with Crippen LogP contribution in [-0.4, -0.2) is 5.11 Å². The lowest BCUT2D eigenvalue weighted by Crippen LogP contribution is -2.19. The van der Waals surface area contributed by atoms with E-state index in [1.54, 1.807) is 18.2 Å². The van der Waals surface area contributed by atoms with Crippen molar-refractivity contribution in [1.29, 1.82) is 0 Å². The minimum absolute atomic E-state index is 0.327. The molecule has 2 aromatic carbocycles. The van der Waals surface area contributed by atoms with Gasteiger partial charge in [-0.05, 0) is 42.0 Å². The Hall–Kier alpha value is -1.29. The molecular weight excluding hydrogens is 302 g/mol. The smallest absolute Gasteiger partial charge is 0.127 e. The van der Waals surface area contributed by atoms with Gasteiger partial charge in [-0.15, -0.1) is 0 Å². The van der Waals surface area contributed by atoms with Crippen LogP contribution in [0, 0.1) is 5.82 Å². The fourth-order valence-corrected chi connectivity index (χ4v) is 2.93. The molecule has 2 nitrogen and oxygen atoms in total. The van der Waals surface area contributed by atoms with Crippen molar-refractivity contribution in [3.8, 4) is 5.75 Å². The number of halogens is 3. The van der Waals surface area contributed by atoms with Gasteiger partial charge in [-0.3, -0.25) is 0 Å². The number of benzene rings is 2. The molecule has 0 saturated carbocycles. The summed E-state index contributed by atoms with van der Waals surface area (Å²) in [5.41, 5.74) is 1.26. The zero-order chi connectivity index (χ0) is 14.3. The maximum atomic E-state index is 13.2. The summed E-state index contributed by atoms with van der Waals surface area (Å²) in [4.78, 5) is 0. The number of ether oxygens (including phenoxy) is 1. The van der Waals surface area contributed by atoms with E-state index in [0.29, 0.717) is 27.8 Å². The van der Waals surface area contributed by atoms with Crippen LogP contribution in [0.2, 0.25) is 10.0 Å². The lowest BCUT2D eigenvalue weighted by Gasteiger charge is -2.30. The molecule has 1 unspecified atom stereocenters. The van der Waals surface area contributed by atoms with Crippen LogP contribution in [0.5, 0.6) is 5.75 Å². The summed E-state index contributed by atoms with van der Waals surface area (Å²) in [6.45, 7) is 0. The molecule has 1 aliphatic rings. The molecule has 0 spiro atoms. The molecule has 0 bridgehead atoms. The van der Waals surface area contributed by atoms with Gasteiger partial charge in [-0.25, -0.2) is 4.39 Å². The van der Waals surface area contributed by atoms with Crippen LogP contribution >= 0.6 is 23.2 Å². The van der Waals surface area contributed by atoms with Gasteiger partial charge in [0.05, 0.1) is 6.10 Å². The molecule has 0 fully saturated rings. The normalized spacial score (nSPS) is 21.2. The first-order valence-electron chi connectivity index (χ1n) is 6.13. The van der Waals surface area contributed by atoms with E-state index in [1.165, 1.54) is 18.2 Å². The summed E-state index contributed by atoms with van der Waals surface area (Å²) in [5.74, 6) is 0.0851. The predicted octanol–water partition coefficient (Wildman–Crippen LogP) is 4.69. The molecule has 5 heteroatoms. The minimum Gasteiger partial charge on any atom is -0.485 e. The van der Waals surface area contributed by atoms with E-state index in [1.807, 2.05) is 0 Å². The maximum absolute atomic E-state index is 13.2. The minimum atomic E-state index is -0.780. The number of hydrogen-bond acceptors (Lipinski definition) is 2. The Labute approximate surface area is 125 Å². The number of aliphatic hydroxyl groups excluding tert-OH is 1. The summed E-state index contributed by atoms with van der Waals surface area (Å²) >= 11 is 11.9. The molecule has 104 valence electrons. The van der Waals surface area contributed by atoms with Gasteiger partial charge in [0, 0.05) is 22.0 Å². The van der Waals surface area contributed by atoms with Crippen LogP contribution in [0.1, 0.15) is 29.8 Å². The molecule has 2 atom stereocenters. The molecule has 0 saturated heterocycles. The van der Waals surface area contributed by atoms with E-state index in [0.717, 1.165) is 5.56 Å². The second kappa shape index (κ2) is 5.24. The highest BCUT2D eigenvalue weighted by molar-refractivity contribution is 6.34. The highest BCUT2D eigenvalue weighted by atomic mass is 35.5. The van der Waals surface area contributed by atoms with Gasteiger partial charge >= 0.3 is 0 Å². The molecule has 3 rings (SSSR count). The Morgan fingerprint density at radius 3 is 2.50 bits per heavy atom. The van der Waals surface area contributed by atoms with E-state index in [9.17, 15) is 9.50 Å². The zero-order valence-corrected chi connectivity index (χ0v) is 11.8. The molecule has 1 heterocycles. The molecule has 0 aromatic heterocycles. The lowest BCUT2D eigenvalue weighted by atomic mass is 9.95. The largest absolute Gasteiger partial charge is 0.485 e. The number of fused-ring (bicyclic) bond motifs is 1. The van der Waals surface area contributed by atoms with E-state index >= 15 is 0 Å². The van der Waals surface area contributed by atoms with Crippen molar-refractivity contribution in [3.05, 3.63) is 63.4 Å². The van der Waals surface area contributed by atoms with Crippen LogP contribution in [-0.2, 0) is 0 Å². The Bertz CT molecular complexity index is 640. The summed E-state index contributed by atoms with van der Waals surface area (Å²) in [6, 6.07) is 9.25. The second-order valence-electron chi connectivity index (χ2n) is 4.74. The fraction of sp³-hybridized carbons (Fsp3) is 0.200. The highest BCUT2D eigenvalue weighted by Gasteiger charge is 2.28. The topological polar surface area (TPSA) is 29.5 Å². The first-order valence-corrected chi connectivity index (χ1v) is 6.88. The number of aliphatic hydroxyl groups is 1. The molecule has 1 N–H and O–H groups in total. The fourth-order valence-electron chi connectivity index (χ4n) is 2.38. The summed E-state index contributed by atoms with van der Waals surface area (Å²) in [5, 5.41) is 11.2. The van der Waals surface area contributed by atoms with Crippen LogP contribution in [0.15, 0.2) is 36.4 Å². The van der Waals surface area contributed by atoms with Crippen LogP contribution in [0.4, 0.5) is 4.39 Å². The summed E-state index contributed by atoms with van der Waals surface area (Å²) in [6.07, 6.45) is -0.816. The lowest BCUT2D eigenvalue weighted by molar-refractivity contribution is 0.0653. The first kappa shape index (κ1) is 13.7. The Morgan fingerprint density at radius 2 is 1.80 bits per heavy atom. The molecule has 0 aliphatic carbocycles. The molecule has 2 aromatic rings. The number of rotatable bonds is 1. The molecule has 1 aliphatic heterocycles.